The third-order valence-corrected chi connectivity index (χ3v) is 7.18. The maximum absolute atomic E-state index is 12.4. The van der Waals surface area contributed by atoms with E-state index >= 15 is 0 Å². The average Bonchev–Trinajstić information content (AvgIpc) is 2.89. The van der Waals surface area contributed by atoms with Crippen molar-refractivity contribution in [1.29, 1.82) is 0 Å². The number of rotatable bonds is 29. The Morgan fingerprint density at radius 1 is 0.579 bits per heavy atom. The van der Waals surface area contributed by atoms with Crippen LogP contribution in [0.2, 0.25) is 0 Å². The maximum atomic E-state index is 12.4. The lowest BCUT2D eigenvalue weighted by Gasteiger charge is -2.18. The number of hydrogen-bond donors (Lipinski definition) is 1. The number of allylic oxidation sites excluding steroid dienone is 4. The Morgan fingerprint density at radius 3 is 1.63 bits per heavy atom. The van der Waals surface area contributed by atoms with Crippen molar-refractivity contribution in [2.75, 3.05) is 0 Å². The van der Waals surface area contributed by atoms with Crippen LogP contribution >= 0.6 is 0 Å². The Balaban J connectivity index is 3.81. The van der Waals surface area contributed by atoms with Gasteiger partial charge in [0.2, 0.25) is 0 Å². The molecule has 0 bridgehead atoms. The van der Waals surface area contributed by atoms with Gasteiger partial charge in [0.05, 0.1) is 0 Å². The van der Waals surface area contributed by atoms with E-state index in [2.05, 4.69) is 38.2 Å². The van der Waals surface area contributed by atoms with Crippen molar-refractivity contribution < 1.29 is 19.4 Å². The van der Waals surface area contributed by atoms with E-state index < -0.39 is 5.97 Å². The molecule has 38 heavy (non-hydrogen) atoms. The molecule has 0 amide bonds. The zero-order valence-corrected chi connectivity index (χ0v) is 25.2. The predicted octanol–water partition coefficient (Wildman–Crippen LogP) is 10.9. The molecule has 1 atom stereocenters. The first-order valence-corrected chi connectivity index (χ1v) is 16.3. The highest BCUT2D eigenvalue weighted by atomic mass is 16.5. The van der Waals surface area contributed by atoms with Gasteiger partial charge < -0.3 is 9.84 Å². The van der Waals surface area contributed by atoms with Gasteiger partial charge >= 0.3 is 11.9 Å². The second-order valence-electron chi connectivity index (χ2n) is 11.0. The van der Waals surface area contributed by atoms with Crippen LogP contribution in [0, 0.1) is 0 Å². The molecule has 0 aliphatic carbocycles. The minimum atomic E-state index is -0.729. The Bertz CT molecular complexity index is 581. The van der Waals surface area contributed by atoms with Crippen LogP contribution in [-0.4, -0.2) is 23.1 Å². The molecule has 0 heterocycles. The fraction of sp³-hybridized carbons (Fsp3) is 0.824. The van der Waals surface area contributed by atoms with Gasteiger partial charge in [0.1, 0.15) is 6.10 Å². The molecule has 0 radical (unpaired) electrons. The number of carbonyl (C=O) groups is 2. The van der Waals surface area contributed by atoms with Gasteiger partial charge in [-0.2, -0.15) is 0 Å². The molecule has 0 aromatic carbocycles. The summed E-state index contributed by atoms with van der Waals surface area (Å²) >= 11 is 0. The van der Waals surface area contributed by atoms with E-state index in [4.69, 9.17) is 9.84 Å². The molecule has 1 N–H and O–H groups in total. The topological polar surface area (TPSA) is 63.6 Å². The van der Waals surface area contributed by atoms with Crippen LogP contribution in [0.4, 0.5) is 0 Å². The number of esters is 1. The molecule has 222 valence electrons. The molecule has 4 nitrogen and oxygen atoms in total. The number of carboxylic acids is 1. The monoisotopic (exact) mass is 534 g/mol. The summed E-state index contributed by atoms with van der Waals surface area (Å²) in [7, 11) is 0. The lowest BCUT2D eigenvalue weighted by molar-refractivity contribution is -0.150. The molecule has 0 aliphatic heterocycles. The minimum absolute atomic E-state index is 0.00446. The van der Waals surface area contributed by atoms with Gasteiger partial charge in [-0.15, -0.1) is 0 Å². The molecule has 0 aromatic heterocycles. The first kappa shape index (κ1) is 36.4. The van der Waals surface area contributed by atoms with Crippen molar-refractivity contribution in [2.45, 2.75) is 180 Å². The van der Waals surface area contributed by atoms with Crippen LogP contribution in [0.15, 0.2) is 24.3 Å². The molecule has 0 saturated heterocycles. The molecule has 0 saturated carbocycles. The highest BCUT2D eigenvalue weighted by Crippen LogP contribution is 2.18. The van der Waals surface area contributed by atoms with Gasteiger partial charge in [-0.05, 0) is 70.6 Å². The average molecular weight is 535 g/mol. The Labute approximate surface area is 236 Å². The van der Waals surface area contributed by atoms with Gasteiger partial charge in [-0.3, -0.25) is 9.59 Å². The van der Waals surface area contributed by atoms with E-state index in [1.54, 1.807) is 0 Å². The van der Waals surface area contributed by atoms with Crippen LogP contribution in [0.5, 0.6) is 0 Å². The summed E-state index contributed by atoms with van der Waals surface area (Å²) in [5.74, 6) is -0.773. The van der Waals surface area contributed by atoms with Crippen LogP contribution in [-0.2, 0) is 14.3 Å². The summed E-state index contributed by atoms with van der Waals surface area (Å²) in [6.45, 7) is 4.47. The molecule has 0 rings (SSSR count). The number of aliphatic carboxylic acids is 1. The summed E-state index contributed by atoms with van der Waals surface area (Å²) in [5.41, 5.74) is 0. The zero-order valence-electron chi connectivity index (χ0n) is 25.2. The number of carbonyl (C=O) groups excluding carboxylic acids is 1. The summed E-state index contributed by atoms with van der Waals surface area (Å²) in [4.78, 5) is 23.1. The van der Waals surface area contributed by atoms with Gasteiger partial charge in [-0.25, -0.2) is 0 Å². The largest absolute Gasteiger partial charge is 0.481 e. The normalized spacial score (nSPS) is 12.5. The molecule has 0 aromatic rings. The third kappa shape index (κ3) is 29.0. The van der Waals surface area contributed by atoms with E-state index in [0.29, 0.717) is 12.8 Å². The van der Waals surface area contributed by atoms with Crippen LogP contribution < -0.4 is 0 Å². The van der Waals surface area contributed by atoms with Crippen molar-refractivity contribution in [3.05, 3.63) is 24.3 Å². The maximum Gasteiger partial charge on any atom is 0.306 e. The second-order valence-corrected chi connectivity index (χ2v) is 11.0. The highest BCUT2D eigenvalue weighted by molar-refractivity contribution is 5.69. The van der Waals surface area contributed by atoms with Crippen LogP contribution in [0.3, 0.4) is 0 Å². The Morgan fingerprint density at radius 2 is 1.03 bits per heavy atom. The Hall–Kier alpha value is -1.58. The first-order chi connectivity index (χ1) is 18.6. The van der Waals surface area contributed by atoms with Crippen LogP contribution in [0.25, 0.3) is 0 Å². The van der Waals surface area contributed by atoms with E-state index in [-0.39, 0.29) is 18.5 Å². The molecule has 0 aliphatic rings. The number of hydrogen-bond acceptors (Lipinski definition) is 3. The highest BCUT2D eigenvalue weighted by Gasteiger charge is 2.14. The van der Waals surface area contributed by atoms with E-state index in [9.17, 15) is 9.59 Å². The summed E-state index contributed by atoms with van der Waals surface area (Å²) < 4.78 is 5.85. The Kier molecular flexibility index (Phi) is 28.7. The molecular formula is C34H62O4. The lowest BCUT2D eigenvalue weighted by Crippen LogP contribution is -2.18. The minimum Gasteiger partial charge on any atom is -0.481 e. The van der Waals surface area contributed by atoms with Crippen molar-refractivity contribution in [3.63, 3.8) is 0 Å². The zero-order chi connectivity index (χ0) is 27.9. The fourth-order valence-corrected chi connectivity index (χ4v) is 4.74. The lowest BCUT2D eigenvalue weighted by atomic mass is 10.0. The first-order valence-electron chi connectivity index (χ1n) is 16.3. The van der Waals surface area contributed by atoms with Crippen molar-refractivity contribution >= 4 is 11.9 Å². The molecule has 1 unspecified atom stereocenters. The number of unbranched alkanes of at least 4 members (excludes halogenated alkanes) is 16. The third-order valence-electron chi connectivity index (χ3n) is 7.18. The molecule has 0 spiro atoms. The van der Waals surface area contributed by atoms with E-state index in [0.717, 1.165) is 51.4 Å². The predicted molar refractivity (Wildman–Crippen MR) is 163 cm³/mol. The van der Waals surface area contributed by atoms with Crippen molar-refractivity contribution in [2.24, 2.45) is 0 Å². The van der Waals surface area contributed by atoms with Crippen molar-refractivity contribution in [1.82, 2.24) is 0 Å². The second kappa shape index (κ2) is 30.0. The molecular weight excluding hydrogens is 472 g/mol. The SMILES string of the molecule is CCCCC/C=C\C/C=C\CCCCCCCCCC(=O)OC(CCCCCCC)CCCCCC(=O)O. The van der Waals surface area contributed by atoms with Gasteiger partial charge in [0, 0.05) is 12.8 Å². The van der Waals surface area contributed by atoms with Gasteiger partial charge in [0.25, 0.3) is 0 Å². The number of ether oxygens (including phenoxy) is 1. The smallest absolute Gasteiger partial charge is 0.306 e. The molecule has 0 fully saturated rings. The standard InChI is InChI=1S/C34H62O4/c1-3-5-7-9-10-11-12-13-14-15-16-17-18-19-20-22-27-31-34(37)38-32(28-24-21-8-6-4-2)29-25-23-26-30-33(35)36/h10-11,13-14,32H,3-9,12,15-31H2,1-2H3,(H,35,36)/b11-10-,14-13-. The molecule has 4 heteroatoms. The fourth-order valence-electron chi connectivity index (χ4n) is 4.74. The van der Waals surface area contributed by atoms with Gasteiger partial charge in [-0.1, -0.05) is 115 Å². The summed E-state index contributed by atoms with van der Waals surface area (Å²) in [6.07, 6.45) is 36.2. The van der Waals surface area contributed by atoms with Crippen LogP contribution in [0.1, 0.15) is 174 Å². The summed E-state index contributed by atoms with van der Waals surface area (Å²) in [5, 5.41) is 8.80. The van der Waals surface area contributed by atoms with E-state index in [1.807, 2.05) is 0 Å². The summed E-state index contributed by atoms with van der Waals surface area (Å²) in [6, 6.07) is 0. The number of carboxylic acid groups (broad SMARTS) is 1. The van der Waals surface area contributed by atoms with Crippen molar-refractivity contribution in [3.8, 4) is 0 Å². The van der Waals surface area contributed by atoms with Gasteiger partial charge in [0.15, 0.2) is 0 Å². The van der Waals surface area contributed by atoms with E-state index in [1.165, 1.54) is 89.9 Å². The quantitative estimate of drug-likeness (QED) is 0.0589.